The van der Waals surface area contributed by atoms with Gasteiger partial charge in [-0.1, -0.05) is 28.1 Å². The van der Waals surface area contributed by atoms with Crippen LogP contribution in [-0.4, -0.2) is 15.9 Å². The molecular formula is C11H12BrNO3. The summed E-state index contributed by atoms with van der Waals surface area (Å²) in [5.74, 6) is 0.414. The van der Waals surface area contributed by atoms with E-state index in [2.05, 4.69) is 15.9 Å². The fraction of sp³-hybridized carbons (Fsp3) is 0.455. The summed E-state index contributed by atoms with van der Waals surface area (Å²) in [4.78, 5) is 10.9. The lowest BCUT2D eigenvalue weighted by Crippen LogP contribution is -2.34. The molecule has 0 aliphatic heterocycles. The van der Waals surface area contributed by atoms with Crippen LogP contribution in [-0.2, 0) is 0 Å². The molecule has 4 nitrogen and oxygen atoms in total. The molecular weight excluding hydrogens is 274 g/mol. The highest BCUT2D eigenvalue weighted by Gasteiger charge is 2.31. The van der Waals surface area contributed by atoms with E-state index in [1.54, 1.807) is 6.07 Å². The van der Waals surface area contributed by atoms with Crippen molar-refractivity contribution < 1.29 is 9.66 Å². The van der Waals surface area contributed by atoms with Crippen molar-refractivity contribution in [1.82, 2.24) is 0 Å². The molecule has 1 saturated carbocycles. The highest BCUT2D eigenvalue weighted by atomic mass is 79.9. The van der Waals surface area contributed by atoms with Crippen LogP contribution in [0.15, 0.2) is 18.2 Å². The summed E-state index contributed by atoms with van der Waals surface area (Å²) < 4.78 is 5.67. The zero-order valence-corrected chi connectivity index (χ0v) is 10.4. The molecule has 0 bridgehead atoms. The topological polar surface area (TPSA) is 52.4 Å². The number of benzene rings is 1. The number of nitrogens with zero attached hydrogens (tertiary/aromatic N) is 1. The molecule has 0 spiro atoms. The van der Waals surface area contributed by atoms with E-state index >= 15 is 0 Å². The first-order chi connectivity index (χ1) is 7.58. The van der Waals surface area contributed by atoms with E-state index in [4.69, 9.17) is 4.74 Å². The van der Waals surface area contributed by atoms with Crippen LogP contribution in [0.2, 0.25) is 0 Å². The van der Waals surface area contributed by atoms with E-state index < -0.39 is 4.92 Å². The summed E-state index contributed by atoms with van der Waals surface area (Å²) in [6, 6.07) is 4.98. The van der Waals surface area contributed by atoms with Crippen molar-refractivity contribution in [3.8, 4) is 5.75 Å². The Morgan fingerprint density at radius 1 is 1.50 bits per heavy atom. The van der Waals surface area contributed by atoms with Gasteiger partial charge in [-0.05, 0) is 25.3 Å². The molecule has 16 heavy (non-hydrogen) atoms. The Hall–Kier alpha value is -1.10. The van der Waals surface area contributed by atoms with Crippen molar-refractivity contribution in [2.45, 2.75) is 30.7 Å². The van der Waals surface area contributed by atoms with E-state index in [9.17, 15) is 10.1 Å². The second-order valence-corrected chi connectivity index (χ2v) is 5.28. The van der Waals surface area contributed by atoms with Crippen molar-refractivity contribution in [3.63, 3.8) is 0 Å². The SMILES string of the molecule is Cc1cccc([N+](=O)[O-])c1OC1CC(Br)C1. The lowest BCUT2D eigenvalue weighted by atomic mass is 9.96. The first-order valence-electron chi connectivity index (χ1n) is 5.12. The standard InChI is InChI=1S/C11H12BrNO3/c1-7-3-2-4-10(13(14)15)11(7)16-9-5-8(12)6-9/h2-4,8-9H,5-6H2,1H3. The number of hydrogen-bond acceptors (Lipinski definition) is 3. The molecule has 1 aromatic carbocycles. The van der Waals surface area contributed by atoms with Gasteiger partial charge in [0.05, 0.1) is 4.92 Å². The molecule has 0 heterocycles. The number of nitro benzene ring substituents is 1. The van der Waals surface area contributed by atoms with Gasteiger partial charge in [0.1, 0.15) is 6.10 Å². The van der Waals surface area contributed by atoms with Gasteiger partial charge in [0.15, 0.2) is 5.75 Å². The van der Waals surface area contributed by atoms with Crippen LogP contribution in [0.5, 0.6) is 5.75 Å². The minimum absolute atomic E-state index is 0.0537. The molecule has 0 atom stereocenters. The summed E-state index contributed by atoms with van der Waals surface area (Å²) in [6.07, 6.45) is 1.92. The number of rotatable bonds is 3. The number of nitro groups is 1. The van der Waals surface area contributed by atoms with E-state index in [1.807, 2.05) is 13.0 Å². The van der Waals surface area contributed by atoms with Crippen LogP contribution in [0.1, 0.15) is 18.4 Å². The molecule has 5 heteroatoms. The Labute approximate surface area is 102 Å². The molecule has 1 aromatic rings. The highest BCUT2D eigenvalue weighted by Crippen LogP contribution is 2.36. The average Bonchev–Trinajstić information content (AvgIpc) is 2.18. The quantitative estimate of drug-likeness (QED) is 0.487. The molecule has 2 rings (SSSR count). The van der Waals surface area contributed by atoms with E-state index in [1.165, 1.54) is 6.07 Å². The monoisotopic (exact) mass is 285 g/mol. The van der Waals surface area contributed by atoms with Crippen LogP contribution < -0.4 is 4.74 Å². The molecule has 0 amide bonds. The van der Waals surface area contributed by atoms with Crippen LogP contribution >= 0.6 is 15.9 Å². The number of aryl methyl sites for hydroxylation is 1. The Kier molecular flexibility index (Phi) is 3.14. The predicted molar refractivity (Wildman–Crippen MR) is 64.2 cm³/mol. The minimum atomic E-state index is -0.396. The molecule has 1 aliphatic rings. The van der Waals surface area contributed by atoms with Gasteiger partial charge in [-0.25, -0.2) is 0 Å². The smallest absolute Gasteiger partial charge is 0.311 e. The number of para-hydroxylation sites is 1. The first kappa shape index (κ1) is 11.4. The van der Waals surface area contributed by atoms with Gasteiger partial charge in [0.2, 0.25) is 0 Å². The Balaban J connectivity index is 2.21. The molecule has 0 radical (unpaired) electrons. The molecule has 1 fully saturated rings. The van der Waals surface area contributed by atoms with Gasteiger partial charge in [0, 0.05) is 10.9 Å². The van der Waals surface area contributed by atoms with Crippen molar-refractivity contribution in [1.29, 1.82) is 0 Å². The summed E-state index contributed by atoms with van der Waals surface area (Å²) in [7, 11) is 0. The summed E-state index contributed by atoms with van der Waals surface area (Å²) in [5, 5.41) is 10.8. The number of alkyl halides is 1. The normalized spacial score (nSPS) is 23.6. The average molecular weight is 286 g/mol. The van der Waals surface area contributed by atoms with Gasteiger partial charge in [-0.3, -0.25) is 10.1 Å². The van der Waals surface area contributed by atoms with Crippen LogP contribution in [0, 0.1) is 17.0 Å². The summed E-state index contributed by atoms with van der Waals surface area (Å²) in [6.45, 7) is 1.83. The maximum absolute atomic E-state index is 10.8. The predicted octanol–water partition coefficient (Wildman–Crippen LogP) is 3.21. The lowest BCUT2D eigenvalue weighted by molar-refractivity contribution is -0.386. The number of hydrogen-bond donors (Lipinski definition) is 0. The third-order valence-electron chi connectivity index (χ3n) is 2.71. The lowest BCUT2D eigenvalue weighted by Gasteiger charge is -2.31. The maximum atomic E-state index is 10.8. The maximum Gasteiger partial charge on any atom is 0.311 e. The van der Waals surface area contributed by atoms with Crippen LogP contribution in [0.4, 0.5) is 5.69 Å². The molecule has 1 aliphatic carbocycles. The van der Waals surface area contributed by atoms with Gasteiger partial charge in [0.25, 0.3) is 0 Å². The molecule has 0 N–H and O–H groups in total. The highest BCUT2D eigenvalue weighted by molar-refractivity contribution is 9.09. The van der Waals surface area contributed by atoms with Crippen molar-refractivity contribution >= 4 is 21.6 Å². The molecule has 0 saturated heterocycles. The third kappa shape index (κ3) is 2.19. The van der Waals surface area contributed by atoms with E-state index in [-0.39, 0.29) is 11.8 Å². The Morgan fingerprint density at radius 3 is 2.75 bits per heavy atom. The Morgan fingerprint density at radius 2 is 2.19 bits per heavy atom. The zero-order valence-electron chi connectivity index (χ0n) is 8.85. The molecule has 0 unspecified atom stereocenters. The second kappa shape index (κ2) is 4.41. The van der Waals surface area contributed by atoms with Gasteiger partial charge in [-0.2, -0.15) is 0 Å². The van der Waals surface area contributed by atoms with E-state index in [0.717, 1.165) is 18.4 Å². The van der Waals surface area contributed by atoms with E-state index in [0.29, 0.717) is 10.6 Å². The summed E-state index contributed by atoms with van der Waals surface area (Å²) >= 11 is 3.47. The largest absolute Gasteiger partial charge is 0.483 e. The fourth-order valence-corrected chi connectivity index (χ4v) is 2.53. The van der Waals surface area contributed by atoms with Gasteiger partial charge in [-0.15, -0.1) is 0 Å². The van der Waals surface area contributed by atoms with Crippen LogP contribution in [0.3, 0.4) is 0 Å². The fourth-order valence-electron chi connectivity index (χ4n) is 1.70. The summed E-state index contributed by atoms with van der Waals surface area (Å²) in [5.41, 5.74) is 0.866. The first-order valence-corrected chi connectivity index (χ1v) is 6.04. The zero-order chi connectivity index (χ0) is 11.7. The second-order valence-electron chi connectivity index (χ2n) is 3.99. The number of ether oxygens (including phenoxy) is 1. The number of halogens is 1. The minimum Gasteiger partial charge on any atom is -0.483 e. The van der Waals surface area contributed by atoms with Crippen molar-refractivity contribution in [2.24, 2.45) is 0 Å². The van der Waals surface area contributed by atoms with Crippen LogP contribution in [0.25, 0.3) is 0 Å². The van der Waals surface area contributed by atoms with Gasteiger partial charge < -0.3 is 4.74 Å². The van der Waals surface area contributed by atoms with Crippen molar-refractivity contribution in [2.75, 3.05) is 0 Å². The molecule has 86 valence electrons. The third-order valence-corrected chi connectivity index (χ3v) is 3.46. The van der Waals surface area contributed by atoms with Gasteiger partial charge >= 0.3 is 5.69 Å². The Bertz CT molecular complexity index is 416. The molecule has 0 aromatic heterocycles. The van der Waals surface area contributed by atoms with Crippen molar-refractivity contribution in [3.05, 3.63) is 33.9 Å².